The summed E-state index contributed by atoms with van der Waals surface area (Å²) in [4.78, 5) is 9.00. The van der Waals surface area contributed by atoms with Gasteiger partial charge < -0.3 is 23.9 Å². The summed E-state index contributed by atoms with van der Waals surface area (Å²) in [5.74, 6) is 0. The Labute approximate surface area is 83.7 Å². The molecule has 4 N–H and O–H groups in total. The van der Waals surface area contributed by atoms with E-state index < -0.39 is 6.03 Å². The van der Waals surface area contributed by atoms with Gasteiger partial charge in [0.15, 0.2) is 0 Å². The summed E-state index contributed by atoms with van der Waals surface area (Å²) in [6.07, 6.45) is 6.14. The molecular formula is C7H15ClN4O. The van der Waals surface area contributed by atoms with Crippen LogP contribution < -0.4 is 28.4 Å². The number of hydrogen-bond acceptors (Lipinski definition) is 1. The van der Waals surface area contributed by atoms with Crippen LogP contribution >= 0.6 is 0 Å². The maximum atomic E-state index is 9.00. The Morgan fingerprint density at radius 3 is 2.15 bits per heavy atom. The van der Waals surface area contributed by atoms with Crippen molar-refractivity contribution in [3.63, 3.8) is 0 Å². The minimum Gasteiger partial charge on any atom is -1.00 e. The number of primary amides is 2. The molecule has 2 amide bonds. The molecule has 0 spiro atoms. The van der Waals surface area contributed by atoms with Crippen molar-refractivity contribution in [2.24, 2.45) is 18.5 Å². The number of halogens is 1. The number of nitrogens with zero attached hydrogens (tertiary/aromatic N) is 2. The summed E-state index contributed by atoms with van der Waals surface area (Å²) >= 11 is 0. The number of hydrogen-bond donors (Lipinski definition) is 2. The lowest BCUT2D eigenvalue weighted by Gasteiger charge is -1.81. The van der Waals surface area contributed by atoms with Crippen LogP contribution in [0, 0.1) is 0 Å². The van der Waals surface area contributed by atoms with Gasteiger partial charge in [0.05, 0.1) is 13.6 Å². The molecule has 0 unspecified atom stereocenters. The molecule has 0 aliphatic heterocycles. The van der Waals surface area contributed by atoms with Crippen molar-refractivity contribution < 1.29 is 21.8 Å². The SMILES string of the molecule is CCn1cc[n+](C)c1.NC(N)=O.[Cl-]. The van der Waals surface area contributed by atoms with Gasteiger partial charge in [-0.15, -0.1) is 0 Å². The average Bonchev–Trinajstić information content (AvgIpc) is 2.34. The first kappa shape index (κ1) is 14.3. The smallest absolute Gasteiger partial charge is 0.309 e. The summed E-state index contributed by atoms with van der Waals surface area (Å²) in [5.41, 5.74) is 8.50. The van der Waals surface area contributed by atoms with Crippen molar-refractivity contribution in [1.82, 2.24) is 4.57 Å². The van der Waals surface area contributed by atoms with Gasteiger partial charge in [-0.25, -0.2) is 13.9 Å². The number of aromatic nitrogens is 2. The van der Waals surface area contributed by atoms with Crippen LogP contribution in [0.2, 0.25) is 0 Å². The van der Waals surface area contributed by atoms with Crippen LogP contribution in [0.15, 0.2) is 18.7 Å². The quantitative estimate of drug-likeness (QED) is 0.457. The van der Waals surface area contributed by atoms with Crippen molar-refractivity contribution in [1.29, 1.82) is 0 Å². The van der Waals surface area contributed by atoms with Crippen LogP contribution in [0.25, 0.3) is 0 Å². The van der Waals surface area contributed by atoms with Crippen molar-refractivity contribution in [2.45, 2.75) is 13.5 Å². The van der Waals surface area contributed by atoms with E-state index in [9.17, 15) is 0 Å². The summed E-state index contributed by atoms with van der Waals surface area (Å²) in [7, 11) is 2.02. The van der Waals surface area contributed by atoms with Gasteiger partial charge in [0.25, 0.3) is 0 Å². The molecule has 76 valence electrons. The minimum atomic E-state index is -0.833. The fourth-order valence-electron chi connectivity index (χ4n) is 0.689. The predicted octanol–water partition coefficient (Wildman–Crippen LogP) is -3.64. The molecule has 1 aromatic rings. The molecule has 1 aromatic heterocycles. The van der Waals surface area contributed by atoms with Gasteiger partial charge in [0, 0.05) is 0 Å². The zero-order valence-electron chi connectivity index (χ0n) is 7.77. The molecule has 6 heteroatoms. The Bertz CT molecular complexity index is 244. The van der Waals surface area contributed by atoms with Crippen LogP contribution in [0.5, 0.6) is 0 Å². The number of rotatable bonds is 1. The van der Waals surface area contributed by atoms with E-state index in [2.05, 4.69) is 35.5 Å². The Hall–Kier alpha value is -1.23. The number of urea groups is 1. The third-order valence-electron chi connectivity index (χ3n) is 1.19. The van der Waals surface area contributed by atoms with Crippen molar-refractivity contribution in [2.75, 3.05) is 0 Å². The molecule has 0 aliphatic carbocycles. The standard InChI is InChI=1S/C6H11N2.CH4N2O.ClH/c1-3-8-5-4-7(2)6-8;2-1(3)4;/h4-6H,3H2,1-2H3;(H4,2,3,4);1H/q+1;;/p-1. The summed E-state index contributed by atoms with van der Waals surface area (Å²) in [6.45, 7) is 3.18. The average molecular weight is 207 g/mol. The molecule has 0 aliphatic rings. The van der Waals surface area contributed by atoms with Gasteiger partial charge in [-0.3, -0.25) is 0 Å². The topological polar surface area (TPSA) is 77.9 Å². The molecule has 0 atom stereocenters. The molecule has 1 rings (SSSR count). The fraction of sp³-hybridized carbons (Fsp3) is 0.429. The summed E-state index contributed by atoms with van der Waals surface area (Å²) in [6, 6.07) is -0.833. The van der Waals surface area contributed by atoms with Crippen LogP contribution in [-0.4, -0.2) is 10.6 Å². The van der Waals surface area contributed by atoms with Gasteiger partial charge in [-0.2, -0.15) is 0 Å². The van der Waals surface area contributed by atoms with Crippen molar-refractivity contribution in [3.05, 3.63) is 18.7 Å². The monoisotopic (exact) mass is 206 g/mol. The molecule has 0 radical (unpaired) electrons. The zero-order valence-corrected chi connectivity index (χ0v) is 8.53. The second-order valence-corrected chi connectivity index (χ2v) is 2.31. The Morgan fingerprint density at radius 2 is 2.00 bits per heavy atom. The van der Waals surface area contributed by atoms with Crippen LogP contribution in [0.1, 0.15) is 6.92 Å². The first-order valence-electron chi connectivity index (χ1n) is 3.62. The number of nitrogens with two attached hydrogens (primary N) is 2. The van der Waals surface area contributed by atoms with E-state index in [1.165, 1.54) is 0 Å². The van der Waals surface area contributed by atoms with Gasteiger partial charge in [0.2, 0.25) is 6.33 Å². The van der Waals surface area contributed by atoms with E-state index in [0.29, 0.717) is 0 Å². The highest BCUT2D eigenvalue weighted by atomic mass is 35.5. The number of imidazole rings is 1. The van der Waals surface area contributed by atoms with E-state index in [1.54, 1.807) is 0 Å². The molecular weight excluding hydrogens is 192 g/mol. The van der Waals surface area contributed by atoms with E-state index in [-0.39, 0.29) is 12.4 Å². The van der Waals surface area contributed by atoms with Gasteiger partial charge in [-0.1, -0.05) is 0 Å². The highest BCUT2D eigenvalue weighted by Crippen LogP contribution is 1.79. The lowest BCUT2D eigenvalue weighted by Crippen LogP contribution is -3.00. The van der Waals surface area contributed by atoms with E-state index in [4.69, 9.17) is 4.79 Å². The molecule has 0 bridgehead atoms. The second-order valence-electron chi connectivity index (χ2n) is 2.31. The van der Waals surface area contributed by atoms with Crippen LogP contribution in [0.3, 0.4) is 0 Å². The van der Waals surface area contributed by atoms with Gasteiger partial charge in [0.1, 0.15) is 12.4 Å². The molecule has 13 heavy (non-hydrogen) atoms. The molecule has 0 aromatic carbocycles. The maximum absolute atomic E-state index is 9.00. The normalized spacial score (nSPS) is 7.85. The molecule has 1 heterocycles. The Morgan fingerprint density at radius 1 is 1.54 bits per heavy atom. The maximum Gasteiger partial charge on any atom is 0.309 e. The van der Waals surface area contributed by atoms with E-state index in [1.807, 2.05) is 17.8 Å². The van der Waals surface area contributed by atoms with Crippen molar-refractivity contribution in [3.8, 4) is 0 Å². The predicted molar refractivity (Wildman–Crippen MR) is 45.1 cm³/mol. The van der Waals surface area contributed by atoms with E-state index >= 15 is 0 Å². The molecule has 0 saturated heterocycles. The Kier molecular flexibility index (Phi) is 8.16. The summed E-state index contributed by atoms with van der Waals surface area (Å²) < 4.78 is 4.16. The lowest BCUT2D eigenvalue weighted by atomic mass is 10.7. The largest absolute Gasteiger partial charge is 1.00 e. The first-order valence-corrected chi connectivity index (χ1v) is 3.62. The van der Waals surface area contributed by atoms with Crippen molar-refractivity contribution >= 4 is 6.03 Å². The highest BCUT2D eigenvalue weighted by molar-refractivity contribution is 5.69. The summed E-state index contributed by atoms with van der Waals surface area (Å²) in [5, 5.41) is 0. The second kappa shape index (κ2) is 7.42. The lowest BCUT2D eigenvalue weighted by molar-refractivity contribution is -0.671. The van der Waals surface area contributed by atoms with Crippen LogP contribution in [0.4, 0.5) is 4.79 Å². The van der Waals surface area contributed by atoms with Crippen LogP contribution in [-0.2, 0) is 13.6 Å². The minimum absolute atomic E-state index is 0. The molecule has 0 saturated carbocycles. The third kappa shape index (κ3) is 8.68. The molecule has 0 fully saturated rings. The highest BCUT2D eigenvalue weighted by Gasteiger charge is 1.92. The van der Waals surface area contributed by atoms with Gasteiger partial charge in [-0.05, 0) is 6.92 Å². The number of amides is 2. The third-order valence-corrected chi connectivity index (χ3v) is 1.19. The molecule has 5 nitrogen and oxygen atoms in total. The van der Waals surface area contributed by atoms with Gasteiger partial charge >= 0.3 is 6.03 Å². The number of aryl methyl sites for hydroxylation is 2. The number of carbonyl (C=O) groups excluding carboxylic acids is 1. The van der Waals surface area contributed by atoms with E-state index in [0.717, 1.165) is 6.54 Å². The first-order chi connectivity index (χ1) is 5.56. The number of carbonyl (C=O) groups is 1. The fourth-order valence-corrected chi connectivity index (χ4v) is 0.689. The zero-order chi connectivity index (χ0) is 9.56. The Balaban J connectivity index is 0.